The summed E-state index contributed by atoms with van der Waals surface area (Å²) in [6, 6.07) is 20.4. The van der Waals surface area contributed by atoms with Crippen molar-refractivity contribution in [1.29, 1.82) is 0 Å². The summed E-state index contributed by atoms with van der Waals surface area (Å²) in [5.41, 5.74) is 8.94. The van der Waals surface area contributed by atoms with Crippen molar-refractivity contribution in [2.24, 2.45) is 0 Å². The Labute approximate surface area is 185 Å². The molecule has 1 unspecified atom stereocenters. The Morgan fingerprint density at radius 2 is 1.61 bits per heavy atom. The van der Waals surface area contributed by atoms with Gasteiger partial charge in [0.1, 0.15) is 18.5 Å². The van der Waals surface area contributed by atoms with Crippen LogP contribution in [-0.2, 0) is 0 Å². The highest BCUT2D eigenvalue weighted by Gasteiger charge is 2.19. The lowest BCUT2D eigenvalue weighted by Gasteiger charge is -2.35. The number of fused-ring (bicyclic) bond motifs is 1. The van der Waals surface area contributed by atoms with Gasteiger partial charge in [0, 0.05) is 38.4 Å². The minimum atomic E-state index is -0.487. The second-order valence-corrected chi connectivity index (χ2v) is 8.46. The van der Waals surface area contributed by atoms with Crippen LogP contribution < -0.4 is 10.5 Å². The molecule has 0 spiro atoms. The lowest BCUT2D eigenvalue weighted by Crippen LogP contribution is -2.49. The van der Waals surface area contributed by atoms with Crippen LogP contribution in [0.2, 0.25) is 0 Å². The summed E-state index contributed by atoms with van der Waals surface area (Å²) >= 11 is 0. The molecule has 0 bridgehead atoms. The van der Waals surface area contributed by atoms with Gasteiger partial charge in [0.15, 0.2) is 0 Å². The molecule has 1 saturated heterocycles. The fourth-order valence-corrected chi connectivity index (χ4v) is 4.27. The first-order valence-electron chi connectivity index (χ1n) is 11.3. The Balaban J connectivity index is 1.32. The third kappa shape index (κ3) is 5.76. The molecule has 5 nitrogen and oxygen atoms in total. The van der Waals surface area contributed by atoms with Crippen molar-refractivity contribution in [3.63, 3.8) is 0 Å². The maximum atomic E-state index is 10.4. The predicted molar refractivity (Wildman–Crippen MR) is 128 cm³/mol. The first-order valence-corrected chi connectivity index (χ1v) is 11.3. The number of rotatable bonds is 8. The van der Waals surface area contributed by atoms with Gasteiger partial charge in [-0.15, -0.1) is 0 Å². The molecule has 1 aliphatic rings. The van der Waals surface area contributed by atoms with E-state index >= 15 is 0 Å². The fourth-order valence-electron chi connectivity index (χ4n) is 4.27. The van der Waals surface area contributed by atoms with Crippen LogP contribution in [0.1, 0.15) is 13.3 Å². The highest BCUT2D eigenvalue weighted by atomic mass is 16.5. The number of hydrogen-bond acceptors (Lipinski definition) is 5. The van der Waals surface area contributed by atoms with E-state index in [2.05, 4.69) is 47.1 Å². The average molecular weight is 420 g/mol. The number of ether oxygens (including phenoxy) is 1. The predicted octanol–water partition coefficient (Wildman–Crippen LogP) is 3.86. The summed E-state index contributed by atoms with van der Waals surface area (Å²) in [6.07, 6.45) is 0.712. The van der Waals surface area contributed by atoms with Crippen LogP contribution in [0.15, 0.2) is 60.7 Å². The van der Waals surface area contributed by atoms with E-state index in [9.17, 15) is 5.11 Å². The zero-order valence-electron chi connectivity index (χ0n) is 18.3. The van der Waals surface area contributed by atoms with Crippen LogP contribution in [0.25, 0.3) is 21.9 Å². The molecular weight excluding hydrogens is 386 g/mol. The number of nitrogen functional groups attached to an aromatic ring is 1. The van der Waals surface area contributed by atoms with E-state index < -0.39 is 6.10 Å². The molecule has 3 aromatic rings. The van der Waals surface area contributed by atoms with Crippen LogP contribution in [0.4, 0.5) is 5.69 Å². The molecule has 1 fully saturated rings. The molecule has 3 N–H and O–H groups in total. The minimum Gasteiger partial charge on any atom is -0.491 e. The first kappa shape index (κ1) is 21.6. The number of aliphatic hydroxyl groups is 1. The first-order chi connectivity index (χ1) is 15.1. The van der Waals surface area contributed by atoms with E-state index in [1.165, 1.54) is 13.0 Å². The molecule has 1 atom stereocenters. The van der Waals surface area contributed by atoms with Crippen LogP contribution in [0.3, 0.4) is 0 Å². The number of nitrogens with two attached hydrogens (primary N) is 1. The van der Waals surface area contributed by atoms with Crippen molar-refractivity contribution < 1.29 is 9.84 Å². The second kappa shape index (κ2) is 10.1. The number of piperazine rings is 1. The van der Waals surface area contributed by atoms with E-state index in [0.29, 0.717) is 13.2 Å². The van der Waals surface area contributed by atoms with Crippen LogP contribution in [0, 0.1) is 0 Å². The molecule has 3 aromatic carbocycles. The molecule has 5 heteroatoms. The maximum absolute atomic E-state index is 10.4. The smallest absolute Gasteiger partial charge is 0.120 e. The molecule has 0 saturated carbocycles. The summed E-state index contributed by atoms with van der Waals surface area (Å²) in [5.74, 6) is 0.788. The van der Waals surface area contributed by atoms with Gasteiger partial charge in [-0.3, -0.25) is 4.90 Å². The molecular formula is C26H33N3O2. The monoisotopic (exact) mass is 419 g/mol. The largest absolute Gasteiger partial charge is 0.491 e. The van der Waals surface area contributed by atoms with E-state index in [1.807, 2.05) is 30.3 Å². The Kier molecular flexibility index (Phi) is 7.07. The molecule has 0 aromatic heterocycles. The third-order valence-corrected chi connectivity index (χ3v) is 5.95. The number of nitrogens with zero attached hydrogens (tertiary/aromatic N) is 2. The molecule has 164 valence electrons. The van der Waals surface area contributed by atoms with Crippen LogP contribution in [0.5, 0.6) is 5.75 Å². The van der Waals surface area contributed by atoms with Crippen molar-refractivity contribution in [3.8, 4) is 16.9 Å². The summed E-state index contributed by atoms with van der Waals surface area (Å²) in [6.45, 7) is 8.57. The third-order valence-electron chi connectivity index (χ3n) is 5.95. The molecule has 0 aliphatic carbocycles. The SMILES string of the molecule is CCCN1CCN(CC(O)COc2ccc3cc(-c4cccc(N)c4)ccc3c2)CC1. The van der Waals surface area contributed by atoms with Gasteiger partial charge < -0.3 is 20.5 Å². The number of anilines is 1. The van der Waals surface area contributed by atoms with Crippen molar-refractivity contribution in [1.82, 2.24) is 9.80 Å². The summed E-state index contributed by atoms with van der Waals surface area (Å²) < 4.78 is 5.90. The molecule has 1 aliphatic heterocycles. The second-order valence-electron chi connectivity index (χ2n) is 8.46. The van der Waals surface area contributed by atoms with E-state index in [-0.39, 0.29) is 0 Å². The Morgan fingerprint density at radius 3 is 2.39 bits per heavy atom. The number of hydrogen-bond donors (Lipinski definition) is 2. The summed E-state index contributed by atoms with van der Waals surface area (Å²) in [7, 11) is 0. The maximum Gasteiger partial charge on any atom is 0.120 e. The standard InChI is InChI=1S/C26H33N3O2/c1-2-10-28-11-13-29(14-12-28)18-25(30)19-31-26-9-8-22-15-21(6-7-23(22)17-26)20-4-3-5-24(27)16-20/h3-9,15-17,25,30H,2,10-14,18-19,27H2,1H3. The van der Waals surface area contributed by atoms with E-state index in [0.717, 1.165) is 59.5 Å². The summed E-state index contributed by atoms with van der Waals surface area (Å²) in [5, 5.41) is 12.7. The lowest BCUT2D eigenvalue weighted by molar-refractivity contribution is 0.0461. The zero-order chi connectivity index (χ0) is 21.6. The van der Waals surface area contributed by atoms with Gasteiger partial charge in [-0.1, -0.05) is 37.3 Å². The molecule has 1 heterocycles. The fraction of sp³-hybridized carbons (Fsp3) is 0.385. The van der Waals surface area contributed by atoms with Gasteiger partial charge in [-0.25, -0.2) is 0 Å². The van der Waals surface area contributed by atoms with Gasteiger partial charge in [0.25, 0.3) is 0 Å². The van der Waals surface area contributed by atoms with Crippen LogP contribution in [-0.4, -0.2) is 66.9 Å². The van der Waals surface area contributed by atoms with Crippen molar-refractivity contribution in [2.45, 2.75) is 19.4 Å². The number of benzene rings is 3. The zero-order valence-corrected chi connectivity index (χ0v) is 18.3. The Morgan fingerprint density at radius 1 is 0.903 bits per heavy atom. The Hall–Kier alpha value is -2.60. The van der Waals surface area contributed by atoms with Crippen molar-refractivity contribution in [2.75, 3.05) is 51.6 Å². The molecule has 31 heavy (non-hydrogen) atoms. The molecule has 0 amide bonds. The number of β-amino-alcohol motifs (C(OH)–C–C–N with tert-alkyl or cyclic N) is 1. The van der Waals surface area contributed by atoms with Crippen molar-refractivity contribution >= 4 is 16.5 Å². The van der Waals surface area contributed by atoms with Gasteiger partial charge in [-0.05, 0) is 65.2 Å². The van der Waals surface area contributed by atoms with Gasteiger partial charge >= 0.3 is 0 Å². The highest BCUT2D eigenvalue weighted by Crippen LogP contribution is 2.28. The topological polar surface area (TPSA) is 62.0 Å². The molecule has 0 radical (unpaired) electrons. The number of aliphatic hydroxyl groups excluding tert-OH is 1. The van der Waals surface area contributed by atoms with Gasteiger partial charge in [-0.2, -0.15) is 0 Å². The van der Waals surface area contributed by atoms with Crippen molar-refractivity contribution in [3.05, 3.63) is 60.7 Å². The van der Waals surface area contributed by atoms with E-state index in [4.69, 9.17) is 10.5 Å². The normalized spacial score (nSPS) is 16.5. The Bertz CT molecular complexity index is 999. The van der Waals surface area contributed by atoms with Gasteiger partial charge in [0.05, 0.1) is 0 Å². The minimum absolute atomic E-state index is 0.308. The highest BCUT2D eigenvalue weighted by molar-refractivity contribution is 5.88. The molecule has 4 rings (SSSR count). The van der Waals surface area contributed by atoms with Gasteiger partial charge in [0.2, 0.25) is 0 Å². The summed E-state index contributed by atoms with van der Waals surface area (Å²) in [4.78, 5) is 4.82. The quantitative estimate of drug-likeness (QED) is 0.543. The lowest BCUT2D eigenvalue weighted by atomic mass is 10.0. The van der Waals surface area contributed by atoms with E-state index in [1.54, 1.807) is 0 Å². The van der Waals surface area contributed by atoms with Crippen LogP contribution >= 0.6 is 0 Å². The average Bonchev–Trinajstić information content (AvgIpc) is 2.79.